The van der Waals surface area contributed by atoms with Gasteiger partial charge in [0.2, 0.25) is 0 Å². The zero-order valence-corrected chi connectivity index (χ0v) is 14.6. The molecule has 2 rings (SSSR count). The first-order valence-corrected chi connectivity index (χ1v) is 7.64. The van der Waals surface area contributed by atoms with E-state index in [1.807, 2.05) is 25.7 Å². The first-order chi connectivity index (χ1) is 10.2. The number of ether oxygens (including phenoxy) is 1. The number of hydrogen-bond donors (Lipinski definition) is 1. The van der Waals surface area contributed by atoms with E-state index in [-0.39, 0.29) is 30.7 Å². The zero-order valence-electron chi connectivity index (χ0n) is 13.8. The number of benzene rings is 1. The lowest BCUT2D eigenvalue weighted by Gasteiger charge is -2.26. The molecule has 1 aromatic carbocycles. The summed E-state index contributed by atoms with van der Waals surface area (Å²) < 4.78 is 18.3. The van der Waals surface area contributed by atoms with E-state index < -0.39 is 11.7 Å². The van der Waals surface area contributed by atoms with Gasteiger partial charge in [-0.15, -0.1) is 12.4 Å². The maximum atomic E-state index is 12.9. The Bertz CT molecular complexity index is 512. The molecule has 0 aromatic heterocycles. The lowest BCUT2D eigenvalue weighted by Crippen LogP contribution is -2.38. The van der Waals surface area contributed by atoms with Gasteiger partial charge in [-0.2, -0.15) is 0 Å². The molecular weight excluding hydrogens is 321 g/mol. The number of aliphatic hydroxyl groups excluding tert-OH is 1. The Labute approximate surface area is 143 Å². The Morgan fingerprint density at radius 3 is 2.39 bits per heavy atom. The predicted molar refractivity (Wildman–Crippen MR) is 89.0 cm³/mol. The van der Waals surface area contributed by atoms with Crippen molar-refractivity contribution in [2.45, 2.75) is 51.4 Å². The van der Waals surface area contributed by atoms with Gasteiger partial charge in [0.15, 0.2) is 0 Å². The average molecular weight is 346 g/mol. The summed E-state index contributed by atoms with van der Waals surface area (Å²) in [5, 5.41) is 10.3. The van der Waals surface area contributed by atoms with E-state index in [1.165, 1.54) is 12.1 Å². The third kappa shape index (κ3) is 6.85. The molecule has 6 heteroatoms. The van der Waals surface area contributed by atoms with E-state index in [0.29, 0.717) is 18.2 Å². The minimum absolute atomic E-state index is 0. The van der Waals surface area contributed by atoms with Crippen molar-refractivity contribution >= 4 is 18.4 Å². The van der Waals surface area contributed by atoms with Crippen molar-refractivity contribution < 1.29 is 19.0 Å². The quantitative estimate of drug-likeness (QED) is 0.805. The molecule has 1 unspecified atom stereocenters. The molecule has 1 saturated carbocycles. The van der Waals surface area contributed by atoms with Crippen molar-refractivity contribution in [1.29, 1.82) is 0 Å². The van der Waals surface area contributed by atoms with Crippen LogP contribution in [0.3, 0.4) is 0 Å². The van der Waals surface area contributed by atoms with Crippen molar-refractivity contribution in [2.75, 3.05) is 13.1 Å². The van der Waals surface area contributed by atoms with Gasteiger partial charge in [-0.25, -0.2) is 4.39 Å². The van der Waals surface area contributed by atoms with Crippen LogP contribution in [0.1, 0.15) is 45.3 Å². The second-order valence-electron chi connectivity index (χ2n) is 6.81. The number of carbonyl (C=O) groups excluding carboxylic acids is 1. The van der Waals surface area contributed by atoms with E-state index in [9.17, 15) is 14.3 Å². The fraction of sp³-hybridized carbons (Fsp3) is 0.588. The monoisotopic (exact) mass is 345 g/mol. The molecule has 1 aliphatic carbocycles. The molecule has 1 aliphatic rings. The minimum atomic E-state index is -0.747. The lowest BCUT2D eigenvalue weighted by atomic mass is 10.1. The summed E-state index contributed by atoms with van der Waals surface area (Å²) in [7, 11) is 0. The number of aliphatic hydroxyl groups is 1. The van der Waals surface area contributed by atoms with Crippen molar-refractivity contribution in [3.63, 3.8) is 0 Å². The van der Waals surface area contributed by atoms with Crippen molar-refractivity contribution in [2.24, 2.45) is 0 Å². The maximum absolute atomic E-state index is 12.9. The lowest BCUT2D eigenvalue weighted by molar-refractivity contribution is -0.156. The highest BCUT2D eigenvalue weighted by Crippen LogP contribution is 2.29. The van der Waals surface area contributed by atoms with Crippen LogP contribution in [0.5, 0.6) is 0 Å². The summed E-state index contributed by atoms with van der Waals surface area (Å²) in [6.07, 6.45) is 1.31. The fourth-order valence-corrected chi connectivity index (χ4v) is 2.33. The van der Waals surface area contributed by atoms with Crippen LogP contribution in [0, 0.1) is 5.82 Å². The van der Waals surface area contributed by atoms with Gasteiger partial charge in [0.1, 0.15) is 11.4 Å². The highest BCUT2D eigenvalue weighted by Gasteiger charge is 2.33. The molecule has 1 fully saturated rings. The van der Waals surface area contributed by atoms with Crippen LogP contribution in [-0.2, 0) is 9.53 Å². The standard InChI is InChI=1S/C17H24FNO3.ClH/c1-17(2,3)22-16(21)11-19(14-8-9-14)10-15(20)12-4-6-13(18)7-5-12;/h4-7,14-15,20H,8-11H2,1-3H3;1H. The van der Waals surface area contributed by atoms with Crippen LogP contribution >= 0.6 is 12.4 Å². The van der Waals surface area contributed by atoms with Crippen molar-refractivity contribution in [3.05, 3.63) is 35.6 Å². The molecule has 1 aromatic rings. The summed E-state index contributed by atoms with van der Waals surface area (Å²) in [4.78, 5) is 13.9. The largest absolute Gasteiger partial charge is 0.459 e. The molecule has 130 valence electrons. The molecule has 0 bridgehead atoms. The van der Waals surface area contributed by atoms with Gasteiger partial charge >= 0.3 is 5.97 Å². The van der Waals surface area contributed by atoms with E-state index in [0.717, 1.165) is 12.8 Å². The Morgan fingerprint density at radius 2 is 1.91 bits per heavy atom. The summed E-state index contributed by atoms with van der Waals surface area (Å²) in [5.74, 6) is -0.616. The van der Waals surface area contributed by atoms with Gasteiger partial charge in [-0.1, -0.05) is 12.1 Å². The Balaban J connectivity index is 0.00000264. The third-order valence-electron chi connectivity index (χ3n) is 3.48. The topological polar surface area (TPSA) is 49.8 Å². The molecule has 0 radical (unpaired) electrons. The van der Waals surface area contributed by atoms with Gasteiger partial charge in [0.05, 0.1) is 12.6 Å². The number of carbonyl (C=O) groups is 1. The Hall–Kier alpha value is -1.17. The summed E-state index contributed by atoms with van der Waals surface area (Å²) in [6.45, 7) is 6.01. The van der Waals surface area contributed by atoms with E-state index >= 15 is 0 Å². The van der Waals surface area contributed by atoms with Crippen LogP contribution in [0.2, 0.25) is 0 Å². The van der Waals surface area contributed by atoms with Crippen LogP contribution in [0.15, 0.2) is 24.3 Å². The first kappa shape index (κ1) is 19.9. The van der Waals surface area contributed by atoms with E-state index in [2.05, 4.69) is 0 Å². The van der Waals surface area contributed by atoms with Crippen LogP contribution in [-0.4, -0.2) is 40.7 Å². The smallest absolute Gasteiger partial charge is 0.320 e. The van der Waals surface area contributed by atoms with Gasteiger partial charge in [-0.05, 0) is 51.3 Å². The highest BCUT2D eigenvalue weighted by atomic mass is 35.5. The molecule has 0 saturated heterocycles. The summed E-state index contributed by atoms with van der Waals surface area (Å²) in [5.41, 5.74) is 0.137. The second kappa shape index (κ2) is 8.08. The van der Waals surface area contributed by atoms with Crippen molar-refractivity contribution in [3.8, 4) is 0 Å². The molecule has 1 atom stereocenters. The van der Waals surface area contributed by atoms with Crippen LogP contribution in [0.25, 0.3) is 0 Å². The molecule has 0 aliphatic heterocycles. The van der Waals surface area contributed by atoms with E-state index in [1.54, 1.807) is 12.1 Å². The Morgan fingerprint density at radius 1 is 1.35 bits per heavy atom. The maximum Gasteiger partial charge on any atom is 0.320 e. The molecule has 0 amide bonds. The number of rotatable bonds is 6. The summed E-state index contributed by atoms with van der Waals surface area (Å²) >= 11 is 0. The van der Waals surface area contributed by atoms with Crippen LogP contribution in [0.4, 0.5) is 4.39 Å². The molecular formula is C17H25ClFNO3. The van der Waals surface area contributed by atoms with Gasteiger partial charge in [-0.3, -0.25) is 9.69 Å². The first-order valence-electron chi connectivity index (χ1n) is 7.64. The zero-order chi connectivity index (χ0) is 16.3. The van der Waals surface area contributed by atoms with Gasteiger partial charge in [0, 0.05) is 12.6 Å². The number of hydrogen-bond acceptors (Lipinski definition) is 4. The molecule has 23 heavy (non-hydrogen) atoms. The number of halogens is 2. The second-order valence-corrected chi connectivity index (χ2v) is 6.81. The fourth-order valence-electron chi connectivity index (χ4n) is 2.33. The number of esters is 1. The molecule has 1 N–H and O–H groups in total. The number of nitrogens with zero attached hydrogens (tertiary/aromatic N) is 1. The average Bonchev–Trinajstić information content (AvgIpc) is 3.20. The molecule has 0 heterocycles. The predicted octanol–water partition coefficient (Wildman–Crippen LogP) is 3.09. The highest BCUT2D eigenvalue weighted by molar-refractivity contribution is 5.85. The minimum Gasteiger partial charge on any atom is -0.459 e. The SMILES string of the molecule is CC(C)(C)OC(=O)CN(CC(O)c1ccc(F)cc1)C1CC1.Cl. The van der Waals surface area contributed by atoms with Gasteiger partial charge in [0.25, 0.3) is 0 Å². The van der Waals surface area contributed by atoms with Crippen LogP contribution < -0.4 is 0 Å². The third-order valence-corrected chi connectivity index (χ3v) is 3.48. The van der Waals surface area contributed by atoms with Crippen molar-refractivity contribution in [1.82, 2.24) is 4.90 Å². The normalized spacial score (nSPS) is 15.9. The Kier molecular flexibility index (Phi) is 6.99. The summed E-state index contributed by atoms with van der Waals surface area (Å²) in [6, 6.07) is 6.11. The molecule has 4 nitrogen and oxygen atoms in total. The van der Waals surface area contributed by atoms with E-state index in [4.69, 9.17) is 4.74 Å². The van der Waals surface area contributed by atoms with Gasteiger partial charge < -0.3 is 9.84 Å². The molecule has 0 spiro atoms.